The summed E-state index contributed by atoms with van der Waals surface area (Å²) in [5, 5.41) is 11.2. The Morgan fingerprint density at radius 3 is 2.12 bits per heavy atom. The van der Waals surface area contributed by atoms with Gasteiger partial charge in [0.25, 0.3) is 0 Å². The average Bonchev–Trinajstić information content (AvgIpc) is 2.49. The molecule has 0 aliphatic carbocycles. The lowest BCUT2D eigenvalue weighted by molar-refractivity contribution is -0.113. The number of carboxylic acid groups (broad SMARTS) is 1. The summed E-state index contributed by atoms with van der Waals surface area (Å²) in [7, 11) is -3.73. The maximum Gasteiger partial charge on any atom is 0.335 e. The van der Waals surface area contributed by atoms with Crippen molar-refractivity contribution in [1.29, 1.82) is 0 Å². The van der Waals surface area contributed by atoms with Gasteiger partial charge < -0.3 is 10.4 Å². The third-order valence-electron chi connectivity index (χ3n) is 3.07. The maximum atomic E-state index is 12.8. The van der Waals surface area contributed by atoms with Crippen LogP contribution in [0.1, 0.15) is 15.9 Å². The summed E-state index contributed by atoms with van der Waals surface area (Å²) >= 11 is 0. The van der Waals surface area contributed by atoms with Crippen LogP contribution in [0.15, 0.2) is 48.5 Å². The minimum atomic E-state index is -3.73. The molecule has 24 heavy (non-hydrogen) atoms. The number of amides is 1. The number of carbonyl (C=O) groups excluding carboxylic acids is 1. The Balaban J connectivity index is 1.98. The summed E-state index contributed by atoms with van der Waals surface area (Å²) in [4.78, 5) is 22.5. The van der Waals surface area contributed by atoms with Crippen LogP contribution in [-0.2, 0) is 20.4 Å². The highest BCUT2D eigenvalue weighted by Crippen LogP contribution is 2.11. The van der Waals surface area contributed by atoms with Crippen LogP contribution in [0.4, 0.5) is 10.1 Å². The van der Waals surface area contributed by atoms with Crippen molar-refractivity contribution in [3.8, 4) is 0 Å². The minimum Gasteiger partial charge on any atom is -0.478 e. The first kappa shape index (κ1) is 17.6. The number of sulfone groups is 1. The fraction of sp³-hybridized carbons (Fsp3) is 0.125. The number of carboxylic acids is 1. The van der Waals surface area contributed by atoms with Gasteiger partial charge >= 0.3 is 5.97 Å². The van der Waals surface area contributed by atoms with Crippen molar-refractivity contribution in [2.45, 2.75) is 5.75 Å². The normalized spacial score (nSPS) is 11.0. The fourth-order valence-corrected chi connectivity index (χ4v) is 3.25. The van der Waals surface area contributed by atoms with Crippen LogP contribution in [0.2, 0.25) is 0 Å². The highest BCUT2D eigenvalue weighted by molar-refractivity contribution is 7.91. The molecule has 1 amide bonds. The largest absolute Gasteiger partial charge is 0.478 e. The molecular formula is C16H14FNO5S. The first-order valence-corrected chi connectivity index (χ1v) is 8.65. The molecule has 8 heteroatoms. The lowest BCUT2D eigenvalue weighted by atomic mass is 10.1. The number of hydrogen-bond acceptors (Lipinski definition) is 4. The molecule has 0 aliphatic heterocycles. The van der Waals surface area contributed by atoms with Crippen LogP contribution < -0.4 is 5.32 Å². The molecule has 0 bridgehead atoms. The molecule has 0 spiro atoms. The topological polar surface area (TPSA) is 101 Å². The van der Waals surface area contributed by atoms with E-state index >= 15 is 0 Å². The second-order valence-corrected chi connectivity index (χ2v) is 7.15. The van der Waals surface area contributed by atoms with Gasteiger partial charge in [-0.2, -0.15) is 0 Å². The third kappa shape index (κ3) is 5.17. The fourth-order valence-electron chi connectivity index (χ4n) is 1.98. The van der Waals surface area contributed by atoms with Gasteiger partial charge in [0, 0.05) is 5.69 Å². The van der Waals surface area contributed by atoms with Crippen molar-refractivity contribution in [2.75, 3.05) is 11.1 Å². The van der Waals surface area contributed by atoms with Crippen LogP contribution in [0.5, 0.6) is 0 Å². The van der Waals surface area contributed by atoms with Gasteiger partial charge in [-0.15, -0.1) is 0 Å². The molecule has 0 atom stereocenters. The monoisotopic (exact) mass is 351 g/mol. The van der Waals surface area contributed by atoms with E-state index in [2.05, 4.69) is 5.32 Å². The number of aromatic carboxylic acids is 1. The van der Waals surface area contributed by atoms with Crippen molar-refractivity contribution < 1.29 is 27.5 Å². The van der Waals surface area contributed by atoms with Crippen LogP contribution in [0.25, 0.3) is 0 Å². The SMILES string of the molecule is O=C(CS(=O)(=O)Cc1ccc(C(=O)O)cc1)Nc1ccc(F)cc1. The molecular weight excluding hydrogens is 337 g/mol. The Bertz CT molecular complexity index is 845. The van der Waals surface area contributed by atoms with Crippen molar-refractivity contribution in [3.05, 3.63) is 65.5 Å². The first-order chi connectivity index (χ1) is 11.2. The Hall–Kier alpha value is -2.74. The predicted molar refractivity (Wildman–Crippen MR) is 85.9 cm³/mol. The van der Waals surface area contributed by atoms with E-state index in [1.807, 2.05) is 0 Å². The van der Waals surface area contributed by atoms with Crippen molar-refractivity contribution >= 4 is 27.4 Å². The highest BCUT2D eigenvalue weighted by atomic mass is 32.2. The van der Waals surface area contributed by atoms with Crippen molar-refractivity contribution in [1.82, 2.24) is 0 Å². The van der Waals surface area contributed by atoms with Crippen LogP contribution in [-0.4, -0.2) is 31.2 Å². The average molecular weight is 351 g/mol. The summed E-state index contributed by atoms with van der Waals surface area (Å²) in [6.07, 6.45) is 0. The third-order valence-corrected chi connectivity index (χ3v) is 4.54. The van der Waals surface area contributed by atoms with Crippen molar-refractivity contribution in [3.63, 3.8) is 0 Å². The Kier molecular flexibility index (Phi) is 5.30. The number of anilines is 1. The zero-order chi connectivity index (χ0) is 17.7. The van der Waals surface area contributed by atoms with E-state index in [9.17, 15) is 22.4 Å². The van der Waals surface area contributed by atoms with Gasteiger partial charge in [0.2, 0.25) is 5.91 Å². The summed E-state index contributed by atoms with van der Waals surface area (Å²) in [5.41, 5.74) is 0.724. The maximum absolute atomic E-state index is 12.8. The molecule has 0 aliphatic rings. The Morgan fingerprint density at radius 2 is 1.58 bits per heavy atom. The minimum absolute atomic E-state index is 0.0465. The second kappa shape index (κ2) is 7.22. The zero-order valence-corrected chi connectivity index (χ0v) is 13.2. The number of nitrogens with one attached hydrogen (secondary N) is 1. The predicted octanol–water partition coefficient (Wildman–Crippen LogP) is 2.08. The molecule has 126 valence electrons. The van der Waals surface area contributed by atoms with E-state index in [-0.39, 0.29) is 11.3 Å². The summed E-state index contributed by atoms with van der Waals surface area (Å²) in [5.74, 6) is -3.42. The van der Waals surface area contributed by atoms with Crippen LogP contribution in [0.3, 0.4) is 0 Å². The van der Waals surface area contributed by atoms with E-state index in [1.165, 1.54) is 36.4 Å². The van der Waals surface area contributed by atoms with E-state index in [1.54, 1.807) is 0 Å². The van der Waals surface area contributed by atoms with Gasteiger partial charge in [0.05, 0.1) is 11.3 Å². The van der Waals surface area contributed by atoms with Gasteiger partial charge in [-0.3, -0.25) is 4.79 Å². The van der Waals surface area contributed by atoms with Crippen molar-refractivity contribution in [2.24, 2.45) is 0 Å². The molecule has 0 radical (unpaired) electrons. The summed E-state index contributed by atoms with van der Waals surface area (Å²) in [6, 6.07) is 10.3. The number of hydrogen-bond donors (Lipinski definition) is 2. The van der Waals surface area contributed by atoms with Gasteiger partial charge in [0.15, 0.2) is 9.84 Å². The quantitative estimate of drug-likeness (QED) is 0.830. The number of benzene rings is 2. The molecule has 0 saturated carbocycles. The van der Waals surface area contributed by atoms with Gasteiger partial charge in [0.1, 0.15) is 11.6 Å². The summed E-state index contributed by atoms with van der Waals surface area (Å²) < 4.78 is 36.8. The molecule has 2 aromatic rings. The van der Waals surface area contributed by atoms with E-state index in [0.29, 0.717) is 11.3 Å². The smallest absolute Gasteiger partial charge is 0.335 e. The molecule has 0 unspecified atom stereocenters. The molecule has 0 heterocycles. The van der Waals surface area contributed by atoms with Crippen LogP contribution in [0, 0.1) is 5.82 Å². The standard InChI is InChI=1S/C16H14FNO5S/c17-13-5-7-14(8-6-13)18-15(19)10-24(22,23)9-11-1-3-12(4-2-11)16(20)21/h1-8H,9-10H2,(H,18,19)(H,20,21). The van der Waals surface area contributed by atoms with Crippen LogP contribution >= 0.6 is 0 Å². The van der Waals surface area contributed by atoms with Gasteiger partial charge in [-0.05, 0) is 42.0 Å². The lowest BCUT2D eigenvalue weighted by Crippen LogP contribution is -2.24. The highest BCUT2D eigenvalue weighted by Gasteiger charge is 2.18. The number of halogens is 1. The molecule has 2 rings (SSSR count). The molecule has 2 aromatic carbocycles. The number of carbonyl (C=O) groups is 2. The Morgan fingerprint density at radius 1 is 1.00 bits per heavy atom. The molecule has 2 N–H and O–H groups in total. The second-order valence-electron chi connectivity index (χ2n) is 5.09. The summed E-state index contributed by atoms with van der Waals surface area (Å²) in [6.45, 7) is 0. The zero-order valence-electron chi connectivity index (χ0n) is 12.4. The van der Waals surface area contributed by atoms with Gasteiger partial charge in [-0.25, -0.2) is 17.6 Å². The van der Waals surface area contributed by atoms with E-state index < -0.39 is 33.3 Å². The lowest BCUT2D eigenvalue weighted by Gasteiger charge is -2.07. The van der Waals surface area contributed by atoms with E-state index in [4.69, 9.17) is 5.11 Å². The molecule has 0 fully saturated rings. The molecule has 6 nitrogen and oxygen atoms in total. The van der Waals surface area contributed by atoms with Gasteiger partial charge in [-0.1, -0.05) is 12.1 Å². The molecule has 0 aromatic heterocycles. The Labute approximate surface area is 137 Å². The molecule has 0 saturated heterocycles. The van der Waals surface area contributed by atoms with E-state index in [0.717, 1.165) is 12.1 Å². The number of rotatable bonds is 6. The first-order valence-electron chi connectivity index (χ1n) is 6.83.